The molecule has 1 aromatic heterocycles. The Morgan fingerprint density at radius 1 is 1.28 bits per heavy atom. The van der Waals surface area contributed by atoms with Crippen molar-refractivity contribution in [3.63, 3.8) is 0 Å². The van der Waals surface area contributed by atoms with Crippen molar-refractivity contribution in [3.05, 3.63) is 41.0 Å². The van der Waals surface area contributed by atoms with Crippen LogP contribution in [-0.4, -0.2) is 12.1 Å². The highest BCUT2D eigenvalue weighted by Gasteiger charge is 2.05. The number of nitrogens with two attached hydrogens (primary N) is 1. The van der Waals surface area contributed by atoms with Crippen LogP contribution in [0, 0.1) is 6.92 Å². The summed E-state index contributed by atoms with van der Waals surface area (Å²) in [4.78, 5) is 4.34. The van der Waals surface area contributed by atoms with Crippen LogP contribution in [-0.2, 0) is 0 Å². The quantitative estimate of drug-likeness (QED) is 0.891. The number of hydrogen-bond donors (Lipinski definition) is 2. The van der Waals surface area contributed by atoms with Gasteiger partial charge in [0.1, 0.15) is 11.6 Å². The lowest BCUT2D eigenvalue weighted by Gasteiger charge is -2.11. The van der Waals surface area contributed by atoms with Crippen LogP contribution in [0.5, 0.6) is 5.75 Å². The van der Waals surface area contributed by atoms with Crippen LogP contribution in [0.4, 0.5) is 17.2 Å². The van der Waals surface area contributed by atoms with Crippen molar-refractivity contribution in [1.29, 1.82) is 0 Å². The van der Waals surface area contributed by atoms with Crippen LogP contribution in [0.15, 0.2) is 30.3 Å². The topological polar surface area (TPSA) is 60.2 Å². The number of benzene rings is 1. The van der Waals surface area contributed by atoms with Gasteiger partial charge in [-0.05, 0) is 37.3 Å². The van der Waals surface area contributed by atoms with E-state index in [9.17, 15) is 0 Å². The van der Waals surface area contributed by atoms with Crippen molar-refractivity contribution in [2.45, 2.75) is 6.92 Å². The van der Waals surface area contributed by atoms with Gasteiger partial charge in [0, 0.05) is 5.02 Å². The smallest absolute Gasteiger partial charge is 0.142 e. The Balaban J connectivity index is 2.33. The summed E-state index contributed by atoms with van der Waals surface area (Å²) in [5, 5.41) is 3.79. The number of pyridine rings is 1. The Labute approximate surface area is 111 Å². The Kier molecular flexibility index (Phi) is 3.58. The van der Waals surface area contributed by atoms with Crippen molar-refractivity contribution < 1.29 is 4.74 Å². The molecule has 4 nitrogen and oxygen atoms in total. The van der Waals surface area contributed by atoms with Gasteiger partial charge in [0.2, 0.25) is 0 Å². The minimum atomic E-state index is 0.630. The number of aromatic nitrogens is 1. The molecule has 0 saturated heterocycles. The summed E-state index contributed by atoms with van der Waals surface area (Å²) >= 11 is 5.96. The highest BCUT2D eigenvalue weighted by Crippen LogP contribution is 2.30. The average molecular weight is 264 g/mol. The molecule has 0 radical (unpaired) electrons. The van der Waals surface area contributed by atoms with Crippen LogP contribution in [0.25, 0.3) is 0 Å². The zero-order chi connectivity index (χ0) is 13.1. The number of methoxy groups -OCH3 is 1. The van der Waals surface area contributed by atoms with Crippen molar-refractivity contribution in [2.24, 2.45) is 0 Å². The van der Waals surface area contributed by atoms with Gasteiger partial charge in [-0.25, -0.2) is 4.98 Å². The van der Waals surface area contributed by atoms with Gasteiger partial charge in [-0.15, -0.1) is 0 Å². The number of nitrogen functional groups attached to an aromatic ring is 1. The summed E-state index contributed by atoms with van der Waals surface area (Å²) in [6.07, 6.45) is 0. The van der Waals surface area contributed by atoms with Crippen molar-refractivity contribution in [1.82, 2.24) is 4.98 Å². The van der Waals surface area contributed by atoms with E-state index in [0.717, 1.165) is 11.4 Å². The summed E-state index contributed by atoms with van der Waals surface area (Å²) in [7, 11) is 1.61. The Morgan fingerprint density at radius 2 is 2.06 bits per heavy atom. The first kappa shape index (κ1) is 12.5. The fourth-order valence-electron chi connectivity index (χ4n) is 1.56. The second-order valence-electron chi connectivity index (χ2n) is 3.84. The molecule has 0 atom stereocenters. The number of nitrogens with one attached hydrogen (secondary N) is 1. The molecule has 94 valence electrons. The summed E-state index contributed by atoms with van der Waals surface area (Å²) in [6.45, 7) is 1.86. The molecule has 0 aliphatic heterocycles. The van der Waals surface area contributed by atoms with Crippen LogP contribution >= 0.6 is 11.6 Å². The number of nitrogens with zero attached hydrogens (tertiary/aromatic N) is 1. The Bertz CT molecular complexity index is 572. The fourth-order valence-corrected chi connectivity index (χ4v) is 1.73. The molecule has 0 aliphatic rings. The van der Waals surface area contributed by atoms with E-state index in [1.54, 1.807) is 25.3 Å². The van der Waals surface area contributed by atoms with Crippen LogP contribution in [0.1, 0.15) is 5.69 Å². The minimum Gasteiger partial charge on any atom is -0.495 e. The van der Waals surface area contributed by atoms with Gasteiger partial charge in [0.15, 0.2) is 0 Å². The van der Waals surface area contributed by atoms with Crippen LogP contribution in [0.3, 0.4) is 0 Å². The first-order valence-corrected chi connectivity index (χ1v) is 5.81. The highest BCUT2D eigenvalue weighted by atomic mass is 35.5. The van der Waals surface area contributed by atoms with E-state index in [1.807, 2.05) is 19.1 Å². The summed E-state index contributed by atoms with van der Waals surface area (Å²) in [5.74, 6) is 1.40. The third-order valence-corrected chi connectivity index (χ3v) is 2.79. The first-order valence-electron chi connectivity index (χ1n) is 5.44. The molecule has 5 heteroatoms. The van der Waals surface area contributed by atoms with Gasteiger partial charge in [-0.1, -0.05) is 11.6 Å². The van der Waals surface area contributed by atoms with Crippen LogP contribution in [0.2, 0.25) is 5.02 Å². The molecule has 0 spiro atoms. The second-order valence-corrected chi connectivity index (χ2v) is 4.28. The predicted molar refractivity (Wildman–Crippen MR) is 74.7 cm³/mol. The van der Waals surface area contributed by atoms with Gasteiger partial charge >= 0.3 is 0 Å². The number of aryl methyl sites for hydroxylation is 1. The van der Waals surface area contributed by atoms with Crippen molar-refractivity contribution in [3.8, 4) is 5.75 Å². The molecule has 0 saturated carbocycles. The molecule has 0 aliphatic carbocycles. The monoisotopic (exact) mass is 263 g/mol. The average Bonchev–Trinajstić information content (AvgIpc) is 2.34. The fraction of sp³-hybridized carbons (Fsp3) is 0.154. The molecule has 2 aromatic rings. The Hall–Kier alpha value is -1.94. The number of rotatable bonds is 3. The van der Waals surface area contributed by atoms with E-state index in [0.29, 0.717) is 22.3 Å². The van der Waals surface area contributed by atoms with E-state index in [4.69, 9.17) is 22.1 Å². The van der Waals surface area contributed by atoms with E-state index in [2.05, 4.69) is 10.3 Å². The molecule has 0 amide bonds. The molecular formula is C13H14ClN3O. The third kappa shape index (κ3) is 2.65. The maximum atomic E-state index is 5.96. The van der Waals surface area contributed by atoms with Gasteiger partial charge < -0.3 is 15.8 Å². The zero-order valence-electron chi connectivity index (χ0n) is 10.2. The van der Waals surface area contributed by atoms with E-state index in [1.165, 1.54) is 0 Å². The molecule has 0 unspecified atom stereocenters. The molecule has 18 heavy (non-hydrogen) atoms. The zero-order valence-corrected chi connectivity index (χ0v) is 11.0. The van der Waals surface area contributed by atoms with E-state index >= 15 is 0 Å². The summed E-state index contributed by atoms with van der Waals surface area (Å²) in [5.41, 5.74) is 7.94. The van der Waals surface area contributed by atoms with Gasteiger partial charge in [0.05, 0.1) is 24.2 Å². The van der Waals surface area contributed by atoms with Crippen molar-refractivity contribution >= 4 is 28.8 Å². The van der Waals surface area contributed by atoms with E-state index in [-0.39, 0.29) is 0 Å². The molecule has 2 rings (SSSR count). The van der Waals surface area contributed by atoms with Crippen LogP contribution < -0.4 is 15.8 Å². The molecule has 0 bridgehead atoms. The lowest BCUT2D eigenvalue weighted by molar-refractivity contribution is 0.417. The summed E-state index contributed by atoms with van der Waals surface area (Å²) < 4.78 is 5.25. The maximum absolute atomic E-state index is 5.96. The normalized spacial score (nSPS) is 10.2. The van der Waals surface area contributed by atoms with Gasteiger partial charge in [-0.3, -0.25) is 0 Å². The number of halogens is 1. The third-order valence-electron chi connectivity index (χ3n) is 2.55. The number of anilines is 3. The number of ether oxygens (including phenoxy) is 1. The highest BCUT2D eigenvalue weighted by molar-refractivity contribution is 6.31. The minimum absolute atomic E-state index is 0.630. The summed E-state index contributed by atoms with van der Waals surface area (Å²) in [6, 6.07) is 8.97. The number of hydrogen-bond acceptors (Lipinski definition) is 4. The molecular weight excluding hydrogens is 250 g/mol. The standard InChI is InChI=1S/C13H14ClN3O/c1-8-10(15)4-6-13(16-8)17-11-7-9(14)3-5-12(11)18-2/h3-7H,15H2,1-2H3,(H,16,17). The lowest BCUT2D eigenvalue weighted by Crippen LogP contribution is -1.99. The first-order chi connectivity index (χ1) is 8.60. The van der Waals surface area contributed by atoms with E-state index < -0.39 is 0 Å². The van der Waals surface area contributed by atoms with Gasteiger partial charge in [0.25, 0.3) is 0 Å². The second kappa shape index (κ2) is 5.14. The molecule has 3 N–H and O–H groups in total. The molecule has 1 heterocycles. The molecule has 0 fully saturated rings. The van der Waals surface area contributed by atoms with Crippen molar-refractivity contribution in [2.75, 3.05) is 18.2 Å². The lowest BCUT2D eigenvalue weighted by atomic mass is 10.2. The Morgan fingerprint density at radius 3 is 2.72 bits per heavy atom. The van der Waals surface area contributed by atoms with Gasteiger partial charge in [-0.2, -0.15) is 0 Å². The SMILES string of the molecule is COc1ccc(Cl)cc1Nc1ccc(N)c(C)n1. The predicted octanol–water partition coefficient (Wildman–Crippen LogP) is 3.38. The maximum Gasteiger partial charge on any atom is 0.142 e. The largest absolute Gasteiger partial charge is 0.495 e. The molecule has 1 aromatic carbocycles.